The number of hydrogen-bond acceptors (Lipinski definition) is 8. The first-order valence-electron chi connectivity index (χ1n) is 7.56. The summed E-state index contributed by atoms with van der Waals surface area (Å²) in [5, 5.41) is 21.2. The Balaban J connectivity index is 1.55. The third-order valence-corrected chi connectivity index (χ3v) is 7.89. The molecule has 2 aromatic heterocycles. The van der Waals surface area contributed by atoms with Crippen LogP contribution in [-0.2, 0) is 17.6 Å². The number of carbonyl (C=O) groups is 1. The lowest BCUT2D eigenvalue weighted by atomic mass is 9.96. The second-order valence-corrected chi connectivity index (χ2v) is 9.69. The molecule has 0 aliphatic heterocycles. The topological polar surface area (TPSA) is 78.7 Å². The molecule has 1 aliphatic rings. The normalized spacial score (nSPS) is 13.3. The fourth-order valence-electron chi connectivity index (χ4n) is 2.53. The summed E-state index contributed by atoms with van der Waals surface area (Å²) in [4.78, 5) is 13.4. The molecule has 1 aliphatic carbocycles. The van der Waals surface area contributed by atoms with Gasteiger partial charge >= 0.3 is 0 Å². The molecule has 0 atom stereocenters. The largest absolute Gasteiger partial charge is 0.317 e. The first-order chi connectivity index (χ1) is 11.7. The van der Waals surface area contributed by atoms with Crippen LogP contribution in [0, 0.1) is 11.3 Å². The van der Waals surface area contributed by atoms with Crippen molar-refractivity contribution in [3.05, 3.63) is 16.0 Å². The van der Waals surface area contributed by atoms with E-state index in [1.807, 2.05) is 6.26 Å². The number of amides is 1. The molecule has 0 unspecified atom stereocenters. The fraction of sp³-hybridized carbons (Fsp3) is 0.467. The van der Waals surface area contributed by atoms with E-state index in [9.17, 15) is 10.1 Å². The van der Waals surface area contributed by atoms with Crippen molar-refractivity contribution in [2.75, 3.05) is 17.3 Å². The van der Waals surface area contributed by atoms with Gasteiger partial charge in [0.2, 0.25) is 5.91 Å². The van der Waals surface area contributed by atoms with Crippen molar-refractivity contribution in [2.24, 2.45) is 0 Å². The minimum absolute atomic E-state index is 0.0489. The highest BCUT2D eigenvalue weighted by Crippen LogP contribution is 2.37. The second kappa shape index (κ2) is 8.34. The Morgan fingerprint density at radius 2 is 2.08 bits per heavy atom. The Morgan fingerprint density at radius 1 is 1.29 bits per heavy atom. The smallest absolute Gasteiger partial charge is 0.225 e. The summed E-state index contributed by atoms with van der Waals surface area (Å²) in [5.41, 5.74) is 1.82. The molecule has 0 saturated carbocycles. The van der Waals surface area contributed by atoms with Crippen molar-refractivity contribution in [3.8, 4) is 6.07 Å². The molecule has 0 aromatic carbocycles. The molecule has 0 radical (unpaired) electrons. The number of thiophene rings is 1. The molecule has 24 heavy (non-hydrogen) atoms. The van der Waals surface area contributed by atoms with Crippen molar-refractivity contribution in [1.82, 2.24) is 10.2 Å². The van der Waals surface area contributed by atoms with E-state index < -0.39 is 0 Å². The van der Waals surface area contributed by atoms with Gasteiger partial charge in [0.05, 0.1) is 5.56 Å². The van der Waals surface area contributed by atoms with Gasteiger partial charge < -0.3 is 5.32 Å². The lowest BCUT2D eigenvalue weighted by Gasteiger charge is -2.09. The van der Waals surface area contributed by atoms with E-state index in [1.165, 1.54) is 11.3 Å². The third kappa shape index (κ3) is 4.11. The van der Waals surface area contributed by atoms with Crippen molar-refractivity contribution >= 4 is 57.1 Å². The molecular weight excluding hydrogens is 380 g/mol. The summed E-state index contributed by atoms with van der Waals surface area (Å²) in [5.74, 6) is 0.606. The zero-order valence-electron chi connectivity index (χ0n) is 13.1. The van der Waals surface area contributed by atoms with Crippen LogP contribution in [-0.4, -0.2) is 28.1 Å². The molecule has 2 aromatic rings. The molecule has 126 valence electrons. The third-order valence-electron chi connectivity index (χ3n) is 3.65. The number of anilines is 1. The van der Waals surface area contributed by atoms with E-state index in [-0.39, 0.29) is 5.91 Å². The monoisotopic (exact) mass is 396 g/mol. The van der Waals surface area contributed by atoms with Gasteiger partial charge in [-0.3, -0.25) is 4.79 Å². The van der Waals surface area contributed by atoms with Crippen LogP contribution in [0.5, 0.6) is 0 Å². The van der Waals surface area contributed by atoms with Gasteiger partial charge in [-0.05, 0) is 37.5 Å². The zero-order valence-corrected chi connectivity index (χ0v) is 16.4. The number of aromatic nitrogens is 2. The minimum Gasteiger partial charge on any atom is -0.317 e. The molecule has 5 nitrogen and oxygen atoms in total. The number of nitrogens with zero attached hydrogens (tertiary/aromatic N) is 3. The average Bonchev–Trinajstić information content (AvgIpc) is 3.18. The van der Waals surface area contributed by atoms with Gasteiger partial charge in [0.15, 0.2) is 8.68 Å². The summed E-state index contributed by atoms with van der Waals surface area (Å²) in [6.45, 7) is 0. The number of fused-ring (bicyclic) bond motifs is 1. The number of nitriles is 1. The Kier molecular flexibility index (Phi) is 6.16. The lowest BCUT2D eigenvalue weighted by Crippen LogP contribution is -2.12. The van der Waals surface area contributed by atoms with Crippen LogP contribution in [0.2, 0.25) is 0 Å². The van der Waals surface area contributed by atoms with Crippen molar-refractivity contribution in [3.63, 3.8) is 0 Å². The maximum absolute atomic E-state index is 12.2. The number of aryl methyl sites for hydroxylation is 1. The van der Waals surface area contributed by atoms with Crippen LogP contribution in [0.15, 0.2) is 8.68 Å². The highest BCUT2D eigenvalue weighted by atomic mass is 32.2. The first-order valence-corrected chi connectivity index (χ1v) is 11.4. The summed E-state index contributed by atoms with van der Waals surface area (Å²) >= 11 is 6.22. The predicted octanol–water partition coefficient (Wildman–Crippen LogP) is 4.19. The van der Waals surface area contributed by atoms with Crippen molar-refractivity contribution in [1.29, 1.82) is 5.26 Å². The van der Waals surface area contributed by atoms with E-state index >= 15 is 0 Å². The van der Waals surface area contributed by atoms with Crippen LogP contribution < -0.4 is 5.32 Å². The van der Waals surface area contributed by atoms with Gasteiger partial charge in [0.25, 0.3) is 0 Å². The Hall–Kier alpha value is -1.08. The Bertz CT molecular complexity index is 777. The van der Waals surface area contributed by atoms with Crippen LogP contribution >= 0.6 is 46.2 Å². The van der Waals surface area contributed by atoms with E-state index in [0.717, 1.165) is 38.5 Å². The molecular formula is C15H16N4OS4. The quantitative estimate of drug-likeness (QED) is 0.738. The number of nitrogens with one attached hydrogen (secondary N) is 1. The molecule has 3 rings (SSSR count). The highest BCUT2D eigenvalue weighted by molar-refractivity contribution is 8.02. The van der Waals surface area contributed by atoms with E-state index in [0.29, 0.717) is 17.7 Å². The molecule has 1 amide bonds. The SMILES string of the molecule is CSc1nnc(SCCC(=O)Nc2sc3c(c2C#N)CCCC3)s1. The number of hydrogen-bond donors (Lipinski definition) is 1. The van der Waals surface area contributed by atoms with Crippen LogP contribution in [0.1, 0.15) is 35.3 Å². The standard InChI is InChI=1S/C15H16N4OS4/c1-21-14-18-19-15(24-14)22-7-6-12(20)17-13-10(8-16)9-4-2-3-5-11(9)23-13/h2-7H2,1H3,(H,17,20). The lowest BCUT2D eigenvalue weighted by molar-refractivity contribution is -0.115. The fourth-order valence-corrected chi connectivity index (χ4v) is 6.23. The molecule has 2 heterocycles. The van der Waals surface area contributed by atoms with Crippen LogP contribution in [0.4, 0.5) is 5.00 Å². The molecule has 0 spiro atoms. The highest BCUT2D eigenvalue weighted by Gasteiger charge is 2.21. The number of thioether (sulfide) groups is 2. The minimum atomic E-state index is -0.0489. The maximum atomic E-state index is 12.2. The van der Waals surface area contributed by atoms with Crippen LogP contribution in [0.25, 0.3) is 0 Å². The van der Waals surface area contributed by atoms with Crippen molar-refractivity contribution in [2.45, 2.75) is 40.8 Å². The number of rotatable bonds is 6. The van der Waals surface area contributed by atoms with Gasteiger partial charge in [0, 0.05) is 17.1 Å². The zero-order chi connectivity index (χ0) is 16.9. The van der Waals surface area contributed by atoms with E-state index in [1.54, 1.807) is 46.2 Å². The molecule has 0 fully saturated rings. The molecule has 0 bridgehead atoms. The van der Waals surface area contributed by atoms with Gasteiger partial charge in [-0.25, -0.2) is 0 Å². The number of carbonyl (C=O) groups excluding carboxylic acids is 1. The maximum Gasteiger partial charge on any atom is 0.225 e. The van der Waals surface area contributed by atoms with E-state index in [4.69, 9.17) is 0 Å². The molecule has 1 N–H and O–H groups in total. The molecule has 9 heteroatoms. The Morgan fingerprint density at radius 3 is 2.83 bits per heavy atom. The van der Waals surface area contributed by atoms with Gasteiger partial charge in [0.1, 0.15) is 11.1 Å². The van der Waals surface area contributed by atoms with Crippen molar-refractivity contribution < 1.29 is 4.79 Å². The van der Waals surface area contributed by atoms with Gasteiger partial charge in [-0.15, -0.1) is 21.5 Å². The summed E-state index contributed by atoms with van der Waals surface area (Å²) in [6.07, 6.45) is 6.64. The molecule has 0 saturated heterocycles. The summed E-state index contributed by atoms with van der Waals surface area (Å²) in [6, 6.07) is 2.27. The van der Waals surface area contributed by atoms with E-state index in [2.05, 4.69) is 21.6 Å². The van der Waals surface area contributed by atoms with Crippen LogP contribution in [0.3, 0.4) is 0 Å². The summed E-state index contributed by atoms with van der Waals surface area (Å²) < 4.78 is 1.82. The predicted molar refractivity (Wildman–Crippen MR) is 101 cm³/mol. The van der Waals surface area contributed by atoms with Gasteiger partial charge in [-0.2, -0.15) is 5.26 Å². The average molecular weight is 397 g/mol. The summed E-state index contributed by atoms with van der Waals surface area (Å²) in [7, 11) is 0. The second-order valence-electron chi connectivity index (χ2n) is 5.21. The first kappa shape index (κ1) is 17.7. The Labute approximate surface area is 157 Å². The van der Waals surface area contributed by atoms with Gasteiger partial charge in [-0.1, -0.05) is 34.9 Å².